The van der Waals surface area contributed by atoms with E-state index in [0.717, 1.165) is 11.3 Å². The molecule has 0 aliphatic rings. The Bertz CT molecular complexity index is 536. The molecule has 17 heavy (non-hydrogen) atoms. The summed E-state index contributed by atoms with van der Waals surface area (Å²) >= 11 is 0. The summed E-state index contributed by atoms with van der Waals surface area (Å²) in [5.74, 6) is 0. The zero-order valence-corrected chi connectivity index (χ0v) is 9.33. The third-order valence-electron chi connectivity index (χ3n) is 2.31. The Balaban J connectivity index is 2.04. The molecule has 1 heterocycles. The monoisotopic (exact) mass is 232 g/mol. The second-order valence-electron chi connectivity index (χ2n) is 3.68. The SMILES string of the molecule is Cn1cc(CNc2cccc([N+](=O)[O-])c2)cn1. The molecule has 1 aromatic heterocycles. The van der Waals surface area contributed by atoms with Crippen molar-refractivity contribution in [2.24, 2.45) is 7.05 Å². The lowest BCUT2D eigenvalue weighted by molar-refractivity contribution is -0.384. The minimum Gasteiger partial charge on any atom is -0.381 e. The number of rotatable bonds is 4. The predicted octanol–water partition coefficient (Wildman–Crippen LogP) is 1.94. The topological polar surface area (TPSA) is 73.0 Å². The second-order valence-corrected chi connectivity index (χ2v) is 3.68. The molecule has 0 aliphatic carbocycles. The highest BCUT2D eigenvalue weighted by molar-refractivity contribution is 5.51. The summed E-state index contributed by atoms with van der Waals surface area (Å²) in [7, 11) is 1.84. The first kappa shape index (κ1) is 11.1. The molecule has 0 spiro atoms. The molecule has 0 unspecified atom stereocenters. The van der Waals surface area contributed by atoms with Gasteiger partial charge in [-0.1, -0.05) is 6.07 Å². The third-order valence-corrected chi connectivity index (χ3v) is 2.31. The van der Waals surface area contributed by atoms with Gasteiger partial charge < -0.3 is 5.32 Å². The van der Waals surface area contributed by atoms with Gasteiger partial charge in [0, 0.05) is 43.2 Å². The molecule has 0 saturated carbocycles. The Morgan fingerprint density at radius 1 is 1.53 bits per heavy atom. The number of non-ortho nitro benzene ring substituents is 1. The van der Waals surface area contributed by atoms with Crippen molar-refractivity contribution in [1.29, 1.82) is 0 Å². The number of aromatic nitrogens is 2. The molecule has 6 nitrogen and oxygen atoms in total. The summed E-state index contributed by atoms with van der Waals surface area (Å²) in [5.41, 5.74) is 1.84. The average molecular weight is 232 g/mol. The molecule has 0 aliphatic heterocycles. The summed E-state index contributed by atoms with van der Waals surface area (Å²) in [6.07, 6.45) is 3.65. The van der Waals surface area contributed by atoms with E-state index in [1.54, 1.807) is 23.0 Å². The van der Waals surface area contributed by atoms with Crippen LogP contribution in [0.15, 0.2) is 36.7 Å². The molecule has 0 bridgehead atoms. The minimum absolute atomic E-state index is 0.0844. The Morgan fingerprint density at radius 2 is 2.35 bits per heavy atom. The van der Waals surface area contributed by atoms with Gasteiger partial charge >= 0.3 is 0 Å². The molecule has 0 fully saturated rings. The van der Waals surface area contributed by atoms with Gasteiger partial charge in [0.15, 0.2) is 0 Å². The van der Waals surface area contributed by atoms with Crippen LogP contribution in [0.25, 0.3) is 0 Å². The van der Waals surface area contributed by atoms with Gasteiger partial charge in [0.1, 0.15) is 0 Å². The number of hydrogen-bond acceptors (Lipinski definition) is 4. The zero-order chi connectivity index (χ0) is 12.3. The maximum Gasteiger partial charge on any atom is 0.271 e. The molecule has 0 atom stereocenters. The maximum atomic E-state index is 10.6. The number of benzene rings is 1. The lowest BCUT2D eigenvalue weighted by atomic mass is 10.2. The van der Waals surface area contributed by atoms with Crippen LogP contribution < -0.4 is 5.32 Å². The molecule has 6 heteroatoms. The quantitative estimate of drug-likeness (QED) is 0.645. The van der Waals surface area contributed by atoms with E-state index in [9.17, 15) is 10.1 Å². The Labute approximate surface area is 98.0 Å². The molecule has 0 saturated heterocycles. The normalized spacial score (nSPS) is 10.2. The molecule has 1 aromatic carbocycles. The molecule has 88 valence electrons. The highest BCUT2D eigenvalue weighted by atomic mass is 16.6. The van der Waals surface area contributed by atoms with Gasteiger partial charge in [0.2, 0.25) is 0 Å². The van der Waals surface area contributed by atoms with Crippen molar-refractivity contribution in [3.05, 3.63) is 52.3 Å². The van der Waals surface area contributed by atoms with E-state index >= 15 is 0 Å². The lowest BCUT2D eigenvalue weighted by Gasteiger charge is -2.03. The molecule has 2 rings (SSSR count). The molecule has 2 aromatic rings. The van der Waals surface area contributed by atoms with Gasteiger partial charge in [-0.15, -0.1) is 0 Å². The van der Waals surface area contributed by atoms with Crippen molar-refractivity contribution in [2.45, 2.75) is 6.54 Å². The molecule has 0 amide bonds. The molecule has 1 N–H and O–H groups in total. The van der Waals surface area contributed by atoms with Gasteiger partial charge in [0.25, 0.3) is 5.69 Å². The lowest BCUT2D eigenvalue weighted by Crippen LogP contribution is -1.99. The number of nitrogens with one attached hydrogen (secondary N) is 1. The smallest absolute Gasteiger partial charge is 0.271 e. The Hall–Kier alpha value is -2.37. The van der Waals surface area contributed by atoms with Gasteiger partial charge in [-0.25, -0.2) is 0 Å². The van der Waals surface area contributed by atoms with Gasteiger partial charge in [-0.2, -0.15) is 5.10 Å². The number of nitro groups is 1. The minimum atomic E-state index is -0.407. The van der Waals surface area contributed by atoms with Gasteiger partial charge in [-0.3, -0.25) is 14.8 Å². The summed E-state index contributed by atoms with van der Waals surface area (Å²) in [6, 6.07) is 6.43. The van der Waals surface area contributed by atoms with Crippen molar-refractivity contribution in [1.82, 2.24) is 9.78 Å². The molecular weight excluding hydrogens is 220 g/mol. The van der Waals surface area contributed by atoms with Crippen molar-refractivity contribution in [2.75, 3.05) is 5.32 Å². The van der Waals surface area contributed by atoms with Crippen molar-refractivity contribution < 1.29 is 4.92 Å². The fourth-order valence-electron chi connectivity index (χ4n) is 1.50. The fraction of sp³-hybridized carbons (Fsp3) is 0.182. The van der Waals surface area contributed by atoms with Crippen LogP contribution in [0.3, 0.4) is 0 Å². The Kier molecular flexibility index (Phi) is 3.04. The first-order valence-corrected chi connectivity index (χ1v) is 5.11. The molecule has 0 radical (unpaired) electrons. The summed E-state index contributed by atoms with van der Waals surface area (Å²) < 4.78 is 1.71. The van der Waals surface area contributed by atoms with Crippen molar-refractivity contribution >= 4 is 11.4 Å². The third kappa shape index (κ3) is 2.81. The maximum absolute atomic E-state index is 10.6. The van der Waals surface area contributed by atoms with Crippen LogP contribution in [0, 0.1) is 10.1 Å². The van der Waals surface area contributed by atoms with Crippen LogP contribution in [0.4, 0.5) is 11.4 Å². The summed E-state index contributed by atoms with van der Waals surface area (Å²) in [4.78, 5) is 10.2. The number of nitro benzene ring substituents is 1. The number of anilines is 1. The van der Waals surface area contributed by atoms with Crippen LogP contribution in [0.5, 0.6) is 0 Å². The summed E-state index contributed by atoms with van der Waals surface area (Å²) in [6.45, 7) is 0.592. The number of aryl methyl sites for hydroxylation is 1. The van der Waals surface area contributed by atoms with Crippen LogP contribution in [-0.4, -0.2) is 14.7 Å². The van der Waals surface area contributed by atoms with Crippen LogP contribution in [0.2, 0.25) is 0 Å². The molecular formula is C11H12N4O2. The average Bonchev–Trinajstić information content (AvgIpc) is 2.73. The van der Waals surface area contributed by atoms with E-state index < -0.39 is 4.92 Å². The van der Waals surface area contributed by atoms with Crippen LogP contribution >= 0.6 is 0 Å². The Morgan fingerprint density at radius 3 is 3.00 bits per heavy atom. The standard InChI is InChI=1S/C11H12N4O2/c1-14-8-9(7-13-14)6-12-10-3-2-4-11(5-10)15(16)17/h2-5,7-8,12H,6H2,1H3. The predicted molar refractivity (Wildman–Crippen MR) is 63.6 cm³/mol. The fourth-order valence-corrected chi connectivity index (χ4v) is 1.50. The summed E-state index contributed by atoms with van der Waals surface area (Å²) in [5, 5.41) is 17.8. The highest BCUT2D eigenvalue weighted by Crippen LogP contribution is 2.17. The van der Waals surface area contributed by atoms with E-state index in [-0.39, 0.29) is 5.69 Å². The van der Waals surface area contributed by atoms with E-state index in [0.29, 0.717) is 6.54 Å². The van der Waals surface area contributed by atoms with Crippen molar-refractivity contribution in [3.8, 4) is 0 Å². The first-order valence-electron chi connectivity index (χ1n) is 5.11. The van der Waals surface area contributed by atoms with Gasteiger partial charge in [-0.05, 0) is 6.07 Å². The zero-order valence-electron chi connectivity index (χ0n) is 9.33. The van der Waals surface area contributed by atoms with Crippen LogP contribution in [0.1, 0.15) is 5.56 Å². The van der Waals surface area contributed by atoms with E-state index in [2.05, 4.69) is 10.4 Å². The van der Waals surface area contributed by atoms with E-state index in [1.807, 2.05) is 13.2 Å². The van der Waals surface area contributed by atoms with E-state index in [4.69, 9.17) is 0 Å². The largest absolute Gasteiger partial charge is 0.381 e. The van der Waals surface area contributed by atoms with Crippen molar-refractivity contribution in [3.63, 3.8) is 0 Å². The second kappa shape index (κ2) is 4.65. The highest BCUT2D eigenvalue weighted by Gasteiger charge is 2.05. The number of nitrogens with zero attached hydrogens (tertiary/aromatic N) is 3. The van der Waals surface area contributed by atoms with Crippen LogP contribution in [-0.2, 0) is 13.6 Å². The number of hydrogen-bond donors (Lipinski definition) is 1. The van der Waals surface area contributed by atoms with Gasteiger partial charge in [0.05, 0.1) is 11.1 Å². The first-order chi connectivity index (χ1) is 8.15. The van der Waals surface area contributed by atoms with E-state index in [1.165, 1.54) is 12.1 Å².